The fourth-order valence-electron chi connectivity index (χ4n) is 8.79. The molecular weight excluding hydrogens is 745 g/mol. The van der Waals surface area contributed by atoms with Crippen LogP contribution in [-0.4, -0.2) is 50.9 Å². The van der Waals surface area contributed by atoms with Crippen LogP contribution in [0.2, 0.25) is 51.9 Å². The second-order valence-corrected chi connectivity index (χ2v) is 31.5. The van der Waals surface area contributed by atoms with Crippen molar-refractivity contribution < 1.29 is 27.3 Å². The smallest absolute Gasteiger partial charge is 0.316 e. The first-order valence-corrected chi connectivity index (χ1v) is 29.8. The fourth-order valence-corrected chi connectivity index (χ4v) is 21.3. The standard InChI is InChI=1S/C47H68O6Si3/c1-13-37(2)34-47(40-25-16-14-17-26-40,41-27-18-15-19-28-41)36-45(3,43(48)50-5)35-46(4,42-30-29-38-23-20-21-24-39(38)33-42)44(49)51-31-22-32-56(12,52-54(6,7)8)53-55(9,10)11/h14-21,23-30,33,37H,13,22,31-32,34-36H2,1-12H3. The Morgan fingerprint density at radius 2 is 1.18 bits per heavy atom. The predicted molar refractivity (Wildman–Crippen MR) is 239 cm³/mol. The number of fused-ring (bicyclic) bond motifs is 1. The molecule has 3 unspecified atom stereocenters. The van der Waals surface area contributed by atoms with Crippen molar-refractivity contribution in [3.63, 3.8) is 0 Å². The molecule has 0 spiro atoms. The molecular formula is C47H68O6Si3. The first kappa shape index (κ1) is 45.4. The van der Waals surface area contributed by atoms with E-state index in [0.29, 0.717) is 18.8 Å². The Labute approximate surface area is 341 Å². The highest BCUT2D eigenvalue weighted by atomic mass is 28.5. The minimum absolute atomic E-state index is 0.190. The van der Waals surface area contributed by atoms with Crippen LogP contribution in [-0.2, 0) is 38.1 Å². The molecule has 0 aliphatic carbocycles. The number of hydrogen-bond acceptors (Lipinski definition) is 6. The second-order valence-electron chi connectivity index (χ2n) is 18.6. The number of methoxy groups -OCH3 is 1. The van der Waals surface area contributed by atoms with Crippen LogP contribution in [0.1, 0.15) is 76.5 Å². The van der Waals surface area contributed by atoms with Gasteiger partial charge < -0.3 is 17.7 Å². The van der Waals surface area contributed by atoms with E-state index in [1.165, 1.54) is 7.11 Å². The molecule has 0 aromatic heterocycles. The monoisotopic (exact) mass is 812 g/mol. The molecule has 0 heterocycles. The molecule has 4 aromatic rings. The maximum Gasteiger partial charge on any atom is 0.316 e. The summed E-state index contributed by atoms with van der Waals surface area (Å²) >= 11 is 0. The number of carbonyl (C=O) groups is 2. The fraction of sp³-hybridized carbons (Fsp3) is 0.489. The van der Waals surface area contributed by atoms with Gasteiger partial charge in [-0.2, -0.15) is 0 Å². The highest BCUT2D eigenvalue weighted by molar-refractivity contribution is 6.87. The molecule has 0 saturated carbocycles. The van der Waals surface area contributed by atoms with Crippen LogP contribution in [0.15, 0.2) is 103 Å². The first-order chi connectivity index (χ1) is 26.2. The SMILES string of the molecule is CCC(C)CC(CC(C)(CC(C)(C(=O)OCCC[Si](C)(O[Si](C)(C)C)O[Si](C)(C)C)c1ccc2ccccc2c1)C(=O)OC)(c1ccccc1)c1ccccc1. The van der Waals surface area contributed by atoms with Crippen LogP contribution in [0.25, 0.3) is 10.8 Å². The number of rotatable bonds is 20. The molecule has 4 aromatic carbocycles. The lowest BCUT2D eigenvalue weighted by molar-refractivity contribution is -0.159. The lowest BCUT2D eigenvalue weighted by Gasteiger charge is -2.45. The van der Waals surface area contributed by atoms with Crippen molar-refractivity contribution in [2.45, 2.75) is 123 Å². The lowest BCUT2D eigenvalue weighted by Crippen LogP contribution is -2.52. The Bertz CT molecular complexity index is 1830. The predicted octanol–water partition coefficient (Wildman–Crippen LogP) is 12.2. The van der Waals surface area contributed by atoms with Crippen molar-refractivity contribution in [3.05, 3.63) is 120 Å². The van der Waals surface area contributed by atoms with Crippen molar-refractivity contribution in [2.75, 3.05) is 13.7 Å². The maximum atomic E-state index is 14.9. The van der Waals surface area contributed by atoms with Crippen LogP contribution in [0.5, 0.6) is 0 Å². The Morgan fingerprint density at radius 1 is 0.661 bits per heavy atom. The minimum Gasteiger partial charge on any atom is -0.469 e. The van der Waals surface area contributed by atoms with Gasteiger partial charge in [-0.05, 0) is 125 Å². The summed E-state index contributed by atoms with van der Waals surface area (Å²) in [5.41, 5.74) is 0.264. The quantitative estimate of drug-likeness (QED) is 0.0503. The highest BCUT2D eigenvalue weighted by Crippen LogP contribution is 2.52. The molecule has 4 rings (SSSR count). The van der Waals surface area contributed by atoms with Gasteiger partial charge in [0.05, 0.1) is 24.5 Å². The molecule has 304 valence electrons. The summed E-state index contributed by atoms with van der Waals surface area (Å²) in [6.07, 6.45) is 3.07. The molecule has 0 saturated heterocycles. The third-order valence-corrected chi connectivity index (χ3v) is 20.7. The van der Waals surface area contributed by atoms with E-state index in [0.717, 1.165) is 46.3 Å². The van der Waals surface area contributed by atoms with Gasteiger partial charge in [0.1, 0.15) is 0 Å². The lowest BCUT2D eigenvalue weighted by atomic mass is 9.57. The van der Waals surface area contributed by atoms with Gasteiger partial charge in [-0.1, -0.05) is 123 Å². The van der Waals surface area contributed by atoms with Gasteiger partial charge in [0, 0.05) is 5.41 Å². The summed E-state index contributed by atoms with van der Waals surface area (Å²) < 4.78 is 25.5. The average molecular weight is 813 g/mol. The maximum absolute atomic E-state index is 14.9. The van der Waals surface area contributed by atoms with Gasteiger partial charge in [-0.3, -0.25) is 9.59 Å². The molecule has 9 heteroatoms. The van der Waals surface area contributed by atoms with E-state index in [1.807, 2.05) is 44.2 Å². The van der Waals surface area contributed by atoms with E-state index in [2.05, 4.69) is 132 Å². The Morgan fingerprint density at radius 3 is 1.68 bits per heavy atom. The van der Waals surface area contributed by atoms with Crippen molar-refractivity contribution in [1.82, 2.24) is 0 Å². The molecule has 6 nitrogen and oxygen atoms in total. The largest absolute Gasteiger partial charge is 0.469 e. The molecule has 0 amide bonds. The van der Waals surface area contributed by atoms with E-state index >= 15 is 0 Å². The van der Waals surface area contributed by atoms with Crippen molar-refractivity contribution >= 4 is 47.9 Å². The van der Waals surface area contributed by atoms with Crippen molar-refractivity contribution in [3.8, 4) is 0 Å². The van der Waals surface area contributed by atoms with Crippen LogP contribution >= 0.6 is 0 Å². The molecule has 0 radical (unpaired) electrons. The summed E-state index contributed by atoms with van der Waals surface area (Å²) in [4.78, 5) is 29.4. The molecule has 0 N–H and O–H groups in total. The molecule has 56 heavy (non-hydrogen) atoms. The van der Waals surface area contributed by atoms with Crippen LogP contribution in [0.3, 0.4) is 0 Å². The summed E-state index contributed by atoms with van der Waals surface area (Å²) in [5.74, 6) is -0.333. The van der Waals surface area contributed by atoms with Gasteiger partial charge in [0.25, 0.3) is 0 Å². The van der Waals surface area contributed by atoms with Gasteiger partial charge in [-0.15, -0.1) is 0 Å². The topological polar surface area (TPSA) is 71.1 Å². The molecule has 0 fully saturated rings. The van der Waals surface area contributed by atoms with Crippen molar-refractivity contribution in [1.29, 1.82) is 0 Å². The molecule has 0 bridgehead atoms. The number of ether oxygens (including phenoxy) is 2. The Hall–Kier alpha value is -3.35. The Balaban J connectivity index is 1.80. The van der Waals surface area contributed by atoms with Crippen LogP contribution in [0.4, 0.5) is 0 Å². The third-order valence-electron chi connectivity index (χ3n) is 11.1. The van der Waals surface area contributed by atoms with Crippen molar-refractivity contribution in [2.24, 2.45) is 11.3 Å². The van der Waals surface area contributed by atoms with E-state index in [-0.39, 0.29) is 25.0 Å². The van der Waals surface area contributed by atoms with E-state index in [1.54, 1.807) is 0 Å². The first-order valence-electron chi connectivity index (χ1n) is 20.4. The van der Waals surface area contributed by atoms with Crippen LogP contribution in [0, 0.1) is 11.3 Å². The van der Waals surface area contributed by atoms with Gasteiger partial charge in [0.2, 0.25) is 0 Å². The average Bonchev–Trinajstić information content (AvgIpc) is 3.14. The zero-order valence-electron chi connectivity index (χ0n) is 36.3. The summed E-state index contributed by atoms with van der Waals surface area (Å²) in [7, 11) is -4.84. The van der Waals surface area contributed by atoms with Gasteiger partial charge >= 0.3 is 20.5 Å². The highest BCUT2D eigenvalue weighted by Gasteiger charge is 2.52. The molecule has 0 aliphatic heterocycles. The van der Waals surface area contributed by atoms with E-state index in [4.69, 9.17) is 17.7 Å². The number of hydrogen-bond donors (Lipinski definition) is 0. The minimum atomic E-state index is -2.53. The summed E-state index contributed by atoms with van der Waals surface area (Å²) in [6, 6.07) is 36.2. The van der Waals surface area contributed by atoms with Gasteiger partial charge in [-0.25, -0.2) is 0 Å². The third kappa shape index (κ3) is 11.6. The Kier molecular flexibility index (Phi) is 15.0. The summed E-state index contributed by atoms with van der Waals surface area (Å²) in [6.45, 7) is 24.0. The number of esters is 2. The summed E-state index contributed by atoms with van der Waals surface area (Å²) in [5, 5.41) is 2.11. The van der Waals surface area contributed by atoms with E-state index in [9.17, 15) is 9.59 Å². The van der Waals surface area contributed by atoms with Gasteiger partial charge in [0.15, 0.2) is 16.6 Å². The van der Waals surface area contributed by atoms with E-state index < -0.39 is 41.4 Å². The molecule has 0 aliphatic rings. The van der Waals surface area contributed by atoms with Crippen LogP contribution < -0.4 is 0 Å². The normalized spacial score (nSPS) is 15.4. The zero-order valence-corrected chi connectivity index (χ0v) is 39.3. The molecule has 3 atom stereocenters. The second kappa shape index (κ2) is 18.5. The number of carbonyl (C=O) groups excluding carboxylic acids is 2. The number of benzene rings is 4. The zero-order chi connectivity index (χ0) is 41.4.